The first-order chi connectivity index (χ1) is 12.4. The van der Waals surface area contributed by atoms with Crippen molar-refractivity contribution >= 4 is 11.7 Å². The molecule has 6 nitrogen and oxygen atoms in total. The first-order valence-corrected chi connectivity index (χ1v) is 7.64. The number of hydrogen-bond acceptors (Lipinski definition) is 4. The molecular formula is C18H19F2N3O3. The summed E-state index contributed by atoms with van der Waals surface area (Å²) in [6.07, 6.45) is -1.45. The van der Waals surface area contributed by atoms with Crippen molar-refractivity contribution < 1.29 is 23.0 Å². The highest BCUT2D eigenvalue weighted by Gasteiger charge is 2.27. The number of halogens is 2. The number of carbonyl (C=O) groups is 1. The van der Waals surface area contributed by atoms with Crippen LogP contribution in [0.25, 0.3) is 0 Å². The van der Waals surface area contributed by atoms with E-state index in [0.29, 0.717) is 5.56 Å². The van der Waals surface area contributed by atoms with Gasteiger partial charge in [0.1, 0.15) is 23.2 Å². The third-order valence-corrected chi connectivity index (χ3v) is 3.76. The van der Waals surface area contributed by atoms with Gasteiger partial charge in [-0.2, -0.15) is 0 Å². The van der Waals surface area contributed by atoms with Crippen LogP contribution in [0.2, 0.25) is 0 Å². The third-order valence-electron chi connectivity index (χ3n) is 3.76. The van der Waals surface area contributed by atoms with Crippen LogP contribution in [-0.2, 0) is 16.1 Å². The zero-order chi connectivity index (χ0) is 19.3. The fourth-order valence-corrected chi connectivity index (χ4v) is 2.37. The van der Waals surface area contributed by atoms with Gasteiger partial charge in [0.25, 0.3) is 5.91 Å². The molecule has 8 heteroatoms. The van der Waals surface area contributed by atoms with Gasteiger partial charge in [0.05, 0.1) is 12.7 Å². The molecule has 2 aromatic rings. The van der Waals surface area contributed by atoms with Gasteiger partial charge in [0.15, 0.2) is 6.10 Å². The largest absolute Gasteiger partial charge is 0.497 e. The Morgan fingerprint density at radius 2 is 1.77 bits per heavy atom. The minimum atomic E-state index is -1.45. The number of nitrogens with two attached hydrogens (primary N) is 1. The van der Waals surface area contributed by atoms with Gasteiger partial charge in [-0.15, -0.1) is 0 Å². The average Bonchev–Trinajstić information content (AvgIpc) is 2.62. The van der Waals surface area contributed by atoms with Crippen LogP contribution < -0.4 is 15.8 Å². The van der Waals surface area contributed by atoms with Crippen molar-refractivity contribution in [1.29, 1.82) is 5.41 Å². The highest BCUT2D eigenvalue weighted by molar-refractivity contribution is 5.94. The van der Waals surface area contributed by atoms with Gasteiger partial charge >= 0.3 is 0 Å². The molecule has 0 spiro atoms. The molecule has 0 saturated carbocycles. The zero-order valence-corrected chi connectivity index (χ0v) is 14.3. The topological polar surface area (TPSA) is 97.4 Å². The van der Waals surface area contributed by atoms with Crippen molar-refractivity contribution in [2.24, 2.45) is 5.73 Å². The number of nitrogens with one attached hydrogen (secondary N) is 2. The Hall–Kier alpha value is -3.00. The molecule has 138 valence electrons. The van der Waals surface area contributed by atoms with E-state index in [0.717, 1.165) is 17.7 Å². The molecule has 0 aromatic heterocycles. The lowest BCUT2D eigenvalue weighted by Crippen LogP contribution is -2.31. The van der Waals surface area contributed by atoms with Gasteiger partial charge in [-0.25, -0.2) is 8.78 Å². The van der Waals surface area contributed by atoms with E-state index < -0.39 is 29.2 Å². The van der Waals surface area contributed by atoms with E-state index in [4.69, 9.17) is 20.6 Å². The van der Waals surface area contributed by atoms with Gasteiger partial charge in [0.2, 0.25) is 0 Å². The van der Waals surface area contributed by atoms with E-state index >= 15 is 0 Å². The summed E-state index contributed by atoms with van der Waals surface area (Å²) in [5.41, 5.74) is 6.17. The number of rotatable bonds is 7. The maximum Gasteiger partial charge on any atom is 0.254 e. The molecule has 4 N–H and O–H groups in total. The molecule has 0 aliphatic carbocycles. The van der Waals surface area contributed by atoms with Crippen LogP contribution in [-0.4, -0.2) is 26.0 Å². The number of methoxy groups -OCH3 is 2. The Bertz CT molecular complexity index is 787. The second-order valence-corrected chi connectivity index (χ2v) is 5.45. The third kappa shape index (κ3) is 4.34. The lowest BCUT2D eigenvalue weighted by molar-refractivity contribution is -0.131. The summed E-state index contributed by atoms with van der Waals surface area (Å²) in [7, 11) is 2.47. The number of ether oxygens (including phenoxy) is 2. The van der Waals surface area contributed by atoms with E-state index in [1.54, 1.807) is 24.3 Å². The van der Waals surface area contributed by atoms with E-state index in [1.807, 2.05) is 0 Å². The van der Waals surface area contributed by atoms with Crippen molar-refractivity contribution in [3.63, 3.8) is 0 Å². The standard InChI is InChI=1S/C18H19F2N3O3/c1-25-12-7-13(19)15(14(20)8-12)16(26-2)18(24)23-9-10-3-5-11(6-4-10)17(21)22/h3-8,16H,9H2,1-2H3,(H3,21,22)(H,23,24)/t16-/m1/s1. The van der Waals surface area contributed by atoms with Crippen LogP contribution in [0, 0.1) is 17.0 Å². The monoisotopic (exact) mass is 363 g/mol. The van der Waals surface area contributed by atoms with Gasteiger partial charge in [-0.05, 0) is 5.56 Å². The lowest BCUT2D eigenvalue weighted by atomic mass is 10.1. The highest BCUT2D eigenvalue weighted by atomic mass is 19.1. The molecule has 1 atom stereocenters. The number of amides is 1. The molecule has 1 amide bonds. The van der Waals surface area contributed by atoms with Crippen molar-refractivity contribution in [2.75, 3.05) is 14.2 Å². The number of amidine groups is 1. The van der Waals surface area contributed by atoms with Crippen molar-refractivity contribution in [2.45, 2.75) is 12.6 Å². The minimum Gasteiger partial charge on any atom is -0.497 e. The molecule has 26 heavy (non-hydrogen) atoms. The molecule has 0 saturated heterocycles. The predicted octanol–water partition coefficient (Wildman–Crippen LogP) is 2.26. The normalized spacial score (nSPS) is 11.7. The van der Waals surface area contributed by atoms with Gasteiger partial charge < -0.3 is 20.5 Å². The quantitative estimate of drug-likeness (QED) is 0.519. The van der Waals surface area contributed by atoms with Crippen LogP contribution >= 0.6 is 0 Å². The SMILES string of the molecule is COc1cc(F)c([C@@H](OC)C(=O)NCc2ccc(C(=N)N)cc2)c(F)c1. The molecule has 0 radical (unpaired) electrons. The number of hydrogen-bond donors (Lipinski definition) is 3. The summed E-state index contributed by atoms with van der Waals surface area (Å²) in [5.74, 6) is -2.62. The van der Waals surface area contributed by atoms with Crippen molar-refractivity contribution in [3.8, 4) is 5.75 Å². The van der Waals surface area contributed by atoms with Crippen molar-refractivity contribution in [1.82, 2.24) is 5.32 Å². The zero-order valence-electron chi connectivity index (χ0n) is 14.3. The van der Waals surface area contributed by atoms with E-state index in [9.17, 15) is 13.6 Å². The van der Waals surface area contributed by atoms with Gasteiger partial charge in [0, 0.05) is 31.4 Å². The molecule has 2 aromatic carbocycles. The van der Waals surface area contributed by atoms with Crippen LogP contribution in [0.15, 0.2) is 36.4 Å². The van der Waals surface area contributed by atoms with E-state index in [2.05, 4.69) is 5.32 Å². The second-order valence-electron chi connectivity index (χ2n) is 5.45. The van der Waals surface area contributed by atoms with Gasteiger partial charge in [-0.3, -0.25) is 10.2 Å². The van der Waals surface area contributed by atoms with E-state index in [-0.39, 0.29) is 18.1 Å². The fraction of sp³-hybridized carbons (Fsp3) is 0.222. The summed E-state index contributed by atoms with van der Waals surface area (Å²) in [5, 5.41) is 9.90. The molecule has 0 aliphatic rings. The smallest absolute Gasteiger partial charge is 0.254 e. The Morgan fingerprint density at radius 1 is 1.19 bits per heavy atom. The Balaban J connectivity index is 2.13. The number of benzene rings is 2. The maximum absolute atomic E-state index is 14.2. The summed E-state index contributed by atoms with van der Waals surface area (Å²) in [4.78, 5) is 12.3. The number of nitrogen functional groups attached to an aromatic ring is 1. The summed E-state index contributed by atoms with van der Waals surface area (Å²) >= 11 is 0. The molecule has 2 rings (SSSR count). The second kappa shape index (κ2) is 8.39. The number of carbonyl (C=O) groups excluding carboxylic acids is 1. The molecule has 0 heterocycles. The molecule has 0 fully saturated rings. The minimum absolute atomic E-state index is 0.00423. The molecule has 0 aliphatic heterocycles. The van der Waals surface area contributed by atoms with Crippen LogP contribution in [0.4, 0.5) is 8.78 Å². The van der Waals surface area contributed by atoms with E-state index in [1.165, 1.54) is 14.2 Å². The predicted molar refractivity (Wildman–Crippen MR) is 92.0 cm³/mol. The first-order valence-electron chi connectivity index (χ1n) is 7.64. The van der Waals surface area contributed by atoms with Crippen LogP contribution in [0.5, 0.6) is 5.75 Å². The molecule has 0 bridgehead atoms. The summed E-state index contributed by atoms with van der Waals surface area (Å²) in [6, 6.07) is 8.62. The van der Waals surface area contributed by atoms with Gasteiger partial charge in [-0.1, -0.05) is 24.3 Å². The molecular weight excluding hydrogens is 344 g/mol. The Kier molecular flexibility index (Phi) is 6.24. The summed E-state index contributed by atoms with van der Waals surface area (Å²) in [6.45, 7) is 0.121. The Morgan fingerprint density at radius 3 is 2.23 bits per heavy atom. The maximum atomic E-state index is 14.2. The highest BCUT2D eigenvalue weighted by Crippen LogP contribution is 2.27. The Labute approximate surface area is 149 Å². The fourth-order valence-electron chi connectivity index (χ4n) is 2.37. The van der Waals surface area contributed by atoms with Crippen LogP contribution in [0.1, 0.15) is 22.8 Å². The van der Waals surface area contributed by atoms with Crippen molar-refractivity contribution in [3.05, 3.63) is 64.7 Å². The summed E-state index contributed by atoms with van der Waals surface area (Å²) < 4.78 is 38.1. The lowest BCUT2D eigenvalue weighted by Gasteiger charge is -2.17. The first kappa shape index (κ1) is 19.3. The average molecular weight is 363 g/mol. The molecule has 0 unspecified atom stereocenters. The van der Waals surface area contributed by atoms with Crippen LogP contribution in [0.3, 0.4) is 0 Å².